The molecule has 0 saturated carbocycles. The molecule has 0 spiro atoms. The number of carbonyl (C=O) groups excluding carboxylic acids is 1. The van der Waals surface area contributed by atoms with E-state index in [1.807, 2.05) is 12.1 Å². The molecule has 0 heterocycles. The first-order valence-electron chi connectivity index (χ1n) is 4.08. The SMILES string of the molecule is CN/C(=C\c1cccc(Cl)c1)C(N)=O. The molecule has 0 aromatic heterocycles. The Morgan fingerprint density at radius 1 is 1.57 bits per heavy atom. The van der Waals surface area contributed by atoms with Gasteiger partial charge in [-0.05, 0) is 23.8 Å². The highest BCUT2D eigenvalue weighted by atomic mass is 35.5. The Balaban J connectivity index is 3.00. The van der Waals surface area contributed by atoms with Gasteiger partial charge in [0.15, 0.2) is 0 Å². The number of hydrogen-bond acceptors (Lipinski definition) is 2. The van der Waals surface area contributed by atoms with Gasteiger partial charge in [-0.3, -0.25) is 4.79 Å². The van der Waals surface area contributed by atoms with E-state index in [0.29, 0.717) is 10.7 Å². The topological polar surface area (TPSA) is 55.1 Å². The maximum atomic E-state index is 10.9. The highest BCUT2D eigenvalue weighted by molar-refractivity contribution is 6.30. The fourth-order valence-electron chi connectivity index (χ4n) is 1.03. The molecule has 4 heteroatoms. The van der Waals surface area contributed by atoms with Gasteiger partial charge in [0.25, 0.3) is 5.91 Å². The summed E-state index contributed by atoms with van der Waals surface area (Å²) >= 11 is 5.79. The van der Waals surface area contributed by atoms with Crippen LogP contribution < -0.4 is 11.1 Å². The van der Waals surface area contributed by atoms with Crippen LogP contribution in [0, 0.1) is 0 Å². The van der Waals surface area contributed by atoms with Crippen molar-refractivity contribution in [2.45, 2.75) is 0 Å². The first kappa shape index (κ1) is 10.6. The Bertz CT molecular complexity index is 374. The van der Waals surface area contributed by atoms with Crippen LogP contribution in [0.2, 0.25) is 5.02 Å². The molecule has 0 bridgehead atoms. The van der Waals surface area contributed by atoms with Crippen molar-refractivity contribution in [1.29, 1.82) is 0 Å². The molecule has 1 amide bonds. The molecule has 0 aliphatic heterocycles. The summed E-state index contributed by atoms with van der Waals surface area (Å²) in [6, 6.07) is 7.17. The van der Waals surface area contributed by atoms with Crippen molar-refractivity contribution in [2.24, 2.45) is 5.73 Å². The molecule has 0 saturated heterocycles. The highest BCUT2D eigenvalue weighted by Crippen LogP contribution is 2.12. The van der Waals surface area contributed by atoms with E-state index >= 15 is 0 Å². The maximum absolute atomic E-state index is 10.9. The van der Waals surface area contributed by atoms with Gasteiger partial charge in [-0.25, -0.2) is 0 Å². The number of carbonyl (C=O) groups is 1. The first-order valence-corrected chi connectivity index (χ1v) is 4.46. The summed E-state index contributed by atoms with van der Waals surface area (Å²) in [6.45, 7) is 0. The van der Waals surface area contributed by atoms with Crippen molar-refractivity contribution in [3.63, 3.8) is 0 Å². The first-order chi connectivity index (χ1) is 6.63. The molecule has 0 fully saturated rings. The maximum Gasteiger partial charge on any atom is 0.264 e. The van der Waals surface area contributed by atoms with Gasteiger partial charge in [0, 0.05) is 12.1 Å². The summed E-state index contributed by atoms with van der Waals surface area (Å²) < 4.78 is 0. The quantitative estimate of drug-likeness (QED) is 0.741. The molecule has 14 heavy (non-hydrogen) atoms. The lowest BCUT2D eigenvalue weighted by molar-refractivity contribution is -0.114. The van der Waals surface area contributed by atoms with E-state index in [2.05, 4.69) is 5.32 Å². The predicted octanol–water partition coefficient (Wildman–Crippen LogP) is 1.39. The second-order valence-corrected chi connectivity index (χ2v) is 3.16. The van der Waals surface area contributed by atoms with Crippen LogP contribution in [-0.4, -0.2) is 13.0 Å². The predicted molar refractivity (Wildman–Crippen MR) is 57.7 cm³/mol. The number of amides is 1. The van der Waals surface area contributed by atoms with E-state index in [4.69, 9.17) is 17.3 Å². The molecule has 1 rings (SSSR count). The average molecular weight is 211 g/mol. The molecule has 74 valence electrons. The lowest BCUT2D eigenvalue weighted by Crippen LogP contribution is -2.22. The third kappa shape index (κ3) is 2.78. The third-order valence-corrected chi connectivity index (χ3v) is 1.93. The second kappa shape index (κ2) is 4.67. The van der Waals surface area contributed by atoms with Gasteiger partial charge in [0.1, 0.15) is 0 Å². The monoisotopic (exact) mass is 210 g/mol. The Kier molecular flexibility index (Phi) is 3.54. The summed E-state index contributed by atoms with van der Waals surface area (Å²) in [4.78, 5) is 10.9. The van der Waals surface area contributed by atoms with Gasteiger partial charge in [-0.15, -0.1) is 0 Å². The zero-order valence-corrected chi connectivity index (χ0v) is 8.51. The van der Waals surface area contributed by atoms with Crippen molar-refractivity contribution in [1.82, 2.24) is 5.32 Å². The van der Waals surface area contributed by atoms with Crippen LogP contribution in [0.3, 0.4) is 0 Å². The van der Waals surface area contributed by atoms with Crippen LogP contribution in [0.15, 0.2) is 30.0 Å². The van der Waals surface area contributed by atoms with Gasteiger partial charge < -0.3 is 11.1 Å². The summed E-state index contributed by atoms with van der Waals surface area (Å²) in [5.41, 5.74) is 6.32. The summed E-state index contributed by atoms with van der Waals surface area (Å²) in [6.07, 6.45) is 1.65. The number of halogens is 1. The summed E-state index contributed by atoms with van der Waals surface area (Å²) in [7, 11) is 1.64. The van der Waals surface area contributed by atoms with E-state index in [-0.39, 0.29) is 0 Å². The summed E-state index contributed by atoms with van der Waals surface area (Å²) in [5.74, 6) is -0.493. The Hall–Kier alpha value is -1.48. The van der Waals surface area contributed by atoms with Crippen molar-refractivity contribution in [2.75, 3.05) is 7.05 Å². The normalized spacial score (nSPS) is 11.1. The van der Waals surface area contributed by atoms with Crippen LogP contribution in [-0.2, 0) is 4.79 Å². The van der Waals surface area contributed by atoms with Crippen LogP contribution in [0.25, 0.3) is 6.08 Å². The molecule has 0 aliphatic carbocycles. The minimum absolute atomic E-state index is 0.354. The zero-order chi connectivity index (χ0) is 10.6. The fourth-order valence-corrected chi connectivity index (χ4v) is 1.23. The summed E-state index contributed by atoms with van der Waals surface area (Å²) in [5, 5.41) is 3.34. The van der Waals surface area contributed by atoms with Gasteiger partial charge >= 0.3 is 0 Å². The van der Waals surface area contributed by atoms with Gasteiger partial charge in [0.2, 0.25) is 0 Å². The number of nitrogens with one attached hydrogen (secondary N) is 1. The van der Waals surface area contributed by atoms with E-state index < -0.39 is 5.91 Å². The molecule has 0 aliphatic rings. The number of likely N-dealkylation sites (N-methyl/N-ethyl adjacent to an activating group) is 1. The van der Waals surface area contributed by atoms with Crippen molar-refractivity contribution in [3.05, 3.63) is 40.5 Å². The van der Waals surface area contributed by atoms with Crippen LogP contribution in [0.4, 0.5) is 0 Å². The lowest BCUT2D eigenvalue weighted by atomic mass is 10.2. The molecular weight excluding hydrogens is 200 g/mol. The standard InChI is InChI=1S/C10H11ClN2O/c1-13-9(10(12)14)6-7-3-2-4-8(11)5-7/h2-6,13H,1H3,(H2,12,14)/b9-6-. The molecule has 3 N–H and O–H groups in total. The number of benzene rings is 1. The van der Waals surface area contributed by atoms with Crippen molar-refractivity contribution >= 4 is 23.6 Å². The minimum Gasteiger partial charge on any atom is -0.384 e. The van der Waals surface area contributed by atoms with Gasteiger partial charge in [-0.2, -0.15) is 0 Å². The minimum atomic E-state index is -0.493. The Morgan fingerprint density at radius 2 is 2.29 bits per heavy atom. The molecule has 0 atom stereocenters. The number of primary amides is 1. The van der Waals surface area contributed by atoms with Crippen molar-refractivity contribution < 1.29 is 4.79 Å². The molecule has 0 radical (unpaired) electrons. The molecule has 3 nitrogen and oxygen atoms in total. The third-order valence-electron chi connectivity index (χ3n) is 1.69. The van der Waals surface area contributed by atoms with Gasteiger partial charge in [0.05, 0.1) is 5.70 Å². The van der Waals surface area contributed by atoms with Crippen LogP contribution in [0.1, 0.15) is 5.56 Å². The van der Waals surface area contributed by atoms with E-state index in [1.54, 1.807) is 25.3 Å². The van der Waals surface area contributed by atoms with E-state index in [1.165, 1.54) is 0 Å². The van der Waals surface area contributed by atoms with E-state index in [9.17, 15) is 4.79 Å². The average Bonchev–Trinajstić information content (AvgIpc) is 2.14. The smallest absolute Gasteiger partial charge is 0.264 e. The number of rotatable bonds is 3. The second-order valence-electron chi connectivity index (χ2n) is 2.73. The fraction of sp³-hybridized carbons (Fsp3) is 0.100. The largest absolute Gasteiger partial charge is 0.384 e. The van der Waals surface area contributed by atoms with Crippen molar-refractivity contribution in [3.8, 4) is 0 Å². The molecule has 1 aromatic rings. The van der Waals surface area contributed by atoms with Gasteiger partial charge in [-0.1, -0.05) is 23.7 Å². The molecular formula is C10H11ClN2O. The van der Waals surface area contributed by atoms with E-state index in [0.717, 1.165) is 5.56 Å². The Morgan fingerprint density at radius 3 is 2.79 bits per heavy atom. The number of nitrogens with two attached hydrogens (primary N) is 1. The Labute approximate surface area is 87.6 Å². The van der Waals surface area contributed by atoms with Crippen LogP contribution in [0.5, 0.6) is 0 Å². The lowest BCUT2D eigenvalue weighted by Gasteiger charge is -2.01. The molecule has 0 unspecified atom stereocenters. The zero-order valence-electron chi connectivity index (χ0n) is 7.75. The van der Waals surface area contributed by atoms with Crippen LogP contribution >= 0.6 is 11.6 Å². The highest BCUT2D eigenvalue weighted by Gasteiger charge is 2.01. The number of hydrogen-bond donors (Lipinski definition) is 2. The molecule has 1 aromatic carbocycles.